The lowest BCUT2D eigenvalue weighted by atomic mass is 10.1. The third kappa shape index (κ3) is 4.22. The van der Waals surface area contributed by atoms with Gasteiger partial charge in [-0.1, -0.05) is 24.3 Å². The molecule has 1 aliphatic heterocycles. The Labute approximate surface area is 136 Å². The fourth-order valence-electron chi connectivity index (χ4n) is 2.65. The molecule has 1 aromatic heterocycles. The lowest BCUT2D eigenvalue weighted by Gasteiger charge is -2.15. The first-order chi connectivity index (χ1) is 11.3. The summed E-state index contributed by atoms with van der Waals surface area (Å²) in [6.07, 6.45) is 3.78. The molecule has 1 atom stereocenters. The summed E-state index contributed by atoms with van der Waals surface area (Å²) >= 11 is 0. The van der Waals surface area contributed by atoms with E-state index >= 15 is 0 Å². The molecule has 120 valence electrons. The Morgan fingerprint density at radius 1 is 1.22 bits per heavy atom. The van der Waals surface area contributed by atoms with Crippen LogP contribution in [0.2, 0.25) is 0 Å². The van der Waals surface area contributed by atoms with Crippen LogP contribution in [0.3, 0.4) is 0 Å². The Bertz CT molecular complexity index is 632. The minimum atomic E-state index is 0.154. The van der Waals surface area contributed by atoms with Crippen molar-refractivity contribution in [2.75, 3.05) is 20.1 Å². The van der Waals surface area contributed by atoms with Gasteiger partial charge in [0.2, 0.25) is 0 Å². The molecule has 2 aromatic rings. The van der Waals surface area contributed by atoms with E-state index < -0.39 is 0 Å². The molecule has 2 heterocycles. The summed E-state index contributed by atoms with van der Waals surface area (Å²) < 4.78 is 5.92. The van der Waals surface area contributed by atoms with Crippen molar-refractivity contribution >= 4 is 5.96 Å². The molecule has 0 saturated heterocycles. The predicted molar refractivity (Wildman–Crippen MR) is 91.9 cm³/mol. The number of ether oxygens (including phenoxy) is 1. The summed E-state index contributed by atoms with van der Waals surface area (Å²) in [5.41, 5.74) is 2.35. The van der Waals surface area contributed by atoms with Gasteiger partial charge in [0.15, 0.2) is 5.96 Å². The zero-order chi connectivity index (χ0) is 15.9. The van der Waals surface area contributed by atoms with Gasteiger partial charge in [-0.25, -0.2) is 0 Å². The quantitative estimate of drug-likeness (QED) is 0.653. The Balaban J connectivity index is 1.41. The summed E-state index contributed by atoms with van der Waals surface area (Å²) in [6.45, 7) is 1.53. The van der Waals surface area contributed by atoms with Gasteiger partial charge in [0, 0.05) is 38.3 Å². The van der Waals surface area contributed by atoms with Crippen molar-refractivity contribution < 1.29 is 4.74 Å². The van der Waals surface area contributed by atoms with Crippen LogP contribution in [-0.4, -0.2) is 37.2 Å². The topological polar surface area (TPSA) is 58.5 Å². The molecule has 23 heavy (non-hydrogen) atoms. The number of aromatic nitrogens is 1. The number of pyridine rings is 1. The van der Waals surface area contributed by atoms with Crippen LogP contribution in [0.15, 0.2) is 53.7 Å². The molecule has 1 aliphatic rings. The molecule has 0 amide bonds. The van der Waals surface area contributed by atoms with Crippen LogP contribution in [0.5, 0.6) is 5.75 Å². The fraction of sp³-hybridized carbons (Fsp3) is 0.333. The molecule has 0 saturated carbocycles. The van der Waals surface area contributed by atoms with Gasteiger partial charge in [0.1, 0.15) is 11.9 Å². The summed E-state index contributed by atoms with van der Waals surface area (Å²) in [6, 6.07) is 14.2. The fourth-order valence-corrected chi connectivity index (χ4v) is 2.65. The molecular weight excluding hydrogens is 288 g/mol. The predicted octanol–water partition coefficient (Wildman–Crippen LogP) is 1.79. The van der Waals surface area contributed by atoms with Crippen LogP contribution < -0.4 is 15.4 Å². The number of hydrogen-bond donors (Lipinski definition) is 2. The largest absolute Gasteiger partial charge is 0.488 e. The number of fused-ring (bicyclic) bond motifs is 1. The van der Waals surface area contributed by atoms with Gasteiger partial charge in [0.05, 0.1) is 6.54 Å². The van der Waals surface area contributed by atoms with E-state index in [2.05, 4.69) is 32.7 Å². The van der Waals surface area contributed by atoms with Crippen LogP contribution in [-0.2, 0) is 12.8 Å². The van der Waals surface area contributed by atoms with Crippen molar-refractivity contribution in [3.8, 4) is 5.75 Å². The number of benzene rings is 1. The number of nitrogens with zero attached hydrogens (tertiary/aromatic N) is 2. The molecule has 1 aromatic carbocycles. The van der Waals surface area contributed by atoms with Gasteiger partial charge in [-0.2, -0.15) is 0 Å². The maximum atomic E-state index is 5.92. The molecule has 5 heteroatoms. The second-order valence-corrected chi connectivity index (χ2v) is 5.50. The van der Waals surface area contributed by atoms with E-state index in [1.807, 2.05) is 36.5 Å². The number of para-hydroxylation sites is 1. The summed E-state index contributed by atoms with van der Waals surface area (Å²) in [5, 5.41) is 6.63. The molecule has 0 fully saturated rings. The second kappa shape index (κ2) is 7.63. The van der Waals surface area contributed by atoms with Gasteiger partial charge < -0.3 is 15.4 Å². The van der Waals surface area contributed by atoms with Gasteiger partial charge in [-0.15, -0.1) is 0 Å². The van der Waals surface area contributed by atoms with Crippen molar-refractivity contribution in [2.45, 2.75) is 18.9 Å². The van der Waals surface area contributed by atoms with E-state index in [4.69, 9.17) is 4.74 Å². The molecule has 3 rings (SSSR count). The molecule has 0 radical (unpaired) electrons. The first-order valence-corrected chi connectivity index (χ1v) is 7.94. The van der Waals surface area contributed by atoms with Crippen molar-refractivity contribution in [1.82, 2.24) is 15.6 Å². The van der Waals surface area contributed by atoms with Crippen LogP contribution in [0.4, 0.5) is 0 Å². The average Bonchev–Trinajstić information content (AvgIpc) is 3.01. The number of guanidine groups is 1. The first-order valence-electron chi connectivity index (χ1n) is 7.94. The Kier molecular flexibility index (Phi) is 5.09. The zero-order valence-corrected chi connectivity index (χ0v) is 13.3. The highest BCUT2D eigenvalue weighted by molar-refractivity contribution is 5.79. The van der Waals surface area contributed by atoms with Crippen molar-refractivity contribution in [3.63, 3.8) is 0 Å². The third-order valence-corrected chi connectivity index (χ3v) is 3.83. The SMILES string of the molecule is CN=C(NCCc1ccccn1)NCC1Cc2ccccc2O1. The van der Waals surface area contributed by atoms with E-state index in [1.54, 1.807) is 7.05 Å². The van der Waals surface area contributed by atoms with Gasteiger partial charge in [0.25, 0.3) is 0 Å². The maximum Gasteiger partial charge on any atom is 0.191 e. The smallest absolute Gasteiger partial charge is 0.191 e. The Morgan fingerprint density at radius 2 is 2.09 bits per heavy atom. The lowest BCUT2D eigenvalue weighted by Crippen LogP contribution is -2.42. The highest BCUT2D eigenvalue weighted by Gasteiger charge is 2.22. The minimum Gasteiger partial charge on any atom is -0.488 e. The summed E-state index contributed by atoms with van der Waals surface area (Å²) in [5.74, 6) is 1.79. The second-order valence-electron chi connectivity index (χ2n) is 5.50. The molecule has 1 unspecified atom stereocenters. The van der Waals surface area contributed by atoms with Crippen LogP contribution in [0.1, 0.15) is 11.3 Å². The number of nitrogens with one attached hydrogen (secondary N) is 2. The maximum absolute atomic E-state index is 5.92. The normalized spacial score (nSPS) is 16.6. The first kappa shape index (κ1) is 15.3. The zero-order valence-electron chi connectivity index (χ0n) is 13.3. The van der Waals surface area contributed by atoms with Gasteiger partial charge in [-0.3, -0.25) is 9.98 Å². The molecule has 0 aliphatic carbocycles. The Hall–Kier alpha value is -2.56. The third-order valence-electron chi connectivity index (χ3n) is 3.83. The van der Waals surface area contributed by atoms with Crippen LogP contribution in [0.25, 0.3) is 0 Å². The van der Waals surface area contributed by atoms with E-state index in [9.17, 15) is 0 Å². The van der Waals surface area contributed by atoms with Crippen LogP contribution >= 0.6 is 0 Å². The van der Waals surface area contributed by atoms with Crippen molar-refractivity contribution in [2.24, 2.45) is 4.99 Å². The Morgan fingerprint density at radius 3 is 2.87 bits per heavy atom. The molecular formula is C18H22N4O. The molecule has 0 spiro atoms. The van der Waals surface area contributed by atoms with Crippen molar-refractivity contribution in [3.05, 3.63) is 59.9 Å². The number of hydrogen-bond acceptors (Lipinski definition) is 3. The average molecular weight is 310 g/mol. The molecule has 5 nitrogen and oxygen atoms in total. The standard InChI is InChI=1S/C18H22N4O/c1-19-18(21-11-9-15-7-4-5-10-20-15)22-13-16-12-14-6-2-3-8-17(14)23-16/h2-8,10,16H,9,11-13H2,1H3,(H2,19,21,22). The van der Waals surface area contributed by atoms with Gasteiger partial charge >= 0.3 is 0 Å². The van der Waals surface area contributed by atoms with E-state index in [1.165, 1.54) is 5.56 Å². The van der Waals surface area contributed by atoms with Crippen LogP contribution in [0, 0.1) is 0 Å². The highest BCUT2D eigenvalue weighted by Crippen LogP contribution is 2.27. The van der Waals surface area contributed by atoms with E-state index in [-0.39, 0.29) is 6.10 Å². The number of aliphatic imine (C=N–C) groups is 1. The monoisotopic (exact) mass is 310 g/mol. The van der Waals surface area contributed by atoms with Crippen molar-refractivity contribution in [1.29, 1.82) is 0 Å². The lowest BCUT2D eigenvalue weighted by molar-refractivity contribution is 0.235. The minimum absolute atomic E-state index is 0.154. The van der Waals surface area contributed by atoms with Gasteiger partial charge in [-0.05, 0) is 23.8 Å². The summed E-state index contributed by atoms with van der Waals surface area (Å²) in [4.78, 5) is 8.56. The number of rotatable bonds is 5. The highest BCUT2D eigenvalue weighted by atomic mass is 16.5. The molecule has 0 bridgehead atoms. The molecule has 2 N–H and O–H groups in total. The van der Waals surface area contributed by atoms with E-state index in [0.717, 1.165) is 43.3 Å². The van der Waals surface area contributed by atoms with E-state index in [0.29, 0.717) is 0 Å². The summed E-state index contributed by atoms with van der Waals surface area (Å²) in [7, 11) is 1.78.